The van der Waals surface area contributed by atoms with Crippen LogP contribution in [0.2, 0.25) is 0 Å². The van der Waals surface area contributed by atoms with Gasteiger partial charge in [-0.1, -0.05) is 0 Å². The molecule has 1 heterocycles. The van der Waals surface area contributed by atoms with Gasteiger partial charge in [-0.15, -0.1) is 0 Å². The molecule has 0 bridgehead atoms. The van der Waals surface area contributed by atoms with E-state index in [2.05, 4.69) is 0 Å². The van der Waals surface area contributed by atoms with E-state index in [4.69, 9.17) is 14.9 Å². The molecular weight excluding hydrogens is 222 g/mol. The first-order valence-electron chi connectivity index (χ1n) is 5.20. The van der Waals surface area contributed by atoms with Gasteiger partial charge >= 0.3 is 0 Å². The summed E-state index contributed by atoms with van der Waals surface area (Å²) < 4.78 is 5.03. The van der Waals surface area contributed by atoms with Crippen molar-refractivity contribution in [3.05, 3.63) is 35.8 Å². The fourth-order valence-electron chi connectivity index (χ4n) is 1.81. The molecule has 0 spiro atoms. The Labute approximate surface area is 98.5 Å². The van der Waals surface area contributed by atoms with Gasteiger partial charge in [0, 0.05) is 18.7 Å². The number of amides is 1. The lowest BCUT2D eigenvalue weighted by Gasteiger charge is -2.15. The summed E-state index contributed by atoms with van der Waals surface area (Å²) in [6.07, 6.45) is 0.340. The van der Waals surface area contributed by atoms with E-state index >= 15 is 0 Å². The maximum atomic E-state index is 11.8. The number of hydrogen-bond acceptors (Lipinski definition) is 4. The Morgan fingerprint density at radius 2 is 1.94 bits per heavy atom. The first-order chi connectivity index (χ1) is 8.13. The first-order valence-corrected chi connectivity index (χ1v) is 5.20. The smallest absolute Gasteiger partial charge is 0.283 e. The lowest BCUT2D eigenvalue weighted by Crippen LogP contribution is -2.24. The number of carbonyl (C=O) groups excluding carboxylic acids is 1. The maximum absolute atomic E-state index is 11.8. The minimum atomic E-state index is -0.883. The number of rotatable bonds is 2. The van der Waals surface area contributed by atoms with Crippen LogP contribution in [0.4, 0.5) is 5.69 Å². The Hall–Kier alpha value is -2.17. The van der Waals surface area contributed by atoms with Crippen molar-refractivity contribution < 1.29 is 19.7 Å². The standard InChI is InChI=1S/C12H13NO4/c1-17-9-4-2-8(3-5-9)13-7-6-10(11(13)14)12(15)16/h2-5,15-16H,6-7H2,1H3. The summed E-state index contributed by atoms with van der Waals surface area (Å²) in [5, 5.41) is 17.9. The number of methoxy groups -OCH3 is 1. The molecule has 90 valence electrons. The molecule has 0 aliphatic carbocycles. The van der Waals surface area contributed by atoms with E-state index in [9.17, 15) is 4.79 Å². The van der Waals surface area contributed by atoms with Crippen molar-refractivity contribution >= 4 is 11.6 Å². The van der Waals surface area contributed by atoms with Crippen LogP contribution in [0.1, 0.15) is 6.42 Å². The number of anilines is 1. The highest BCUT2D eigenvalue weighted by Crippen LogP contribution is 2.27. The molecule has 5 heteroatoms. The zero-order chi connectivity index (χ0) is 12.4. The number of aliphatic hydroxyl groups is 2. The van der Waals surface area contributed by atoms with E-state index in [0.29, 0.717) is 24.4 Å². The van der Waals surface area contributed by atoms with Crippen LogP contribution < -0.4 is 9.64 Å². The first kappa shape index (κ1) is 11.3. The molecule has 0 radical (unpaired) electrons. The molecule has 1 fully saturated rings. The van der Waals surface area contributed by atoms with Crippen LogP contribution >= 0.6 is 0 Å². The van der Waals surface area contributed by atoms with Gasteiger partial charge in [0.1, 0.15) is 5.75 Å². The Balaban J connectivity index is 2.24. The van der Waals surface area contributed by atoms with Crippen LogP contribution in [-0.2, 0) is 4.79 Å². The third kappa shape index (κ3) is 2.04. The van der Waals surface area contributed by atoms with E-state index in [1.54, 1.807) is 31.4 Å². The highest BCUT2D eigenvalue weighted by Gasteiger charge is 2.30. The van der Waals surface area contributed by atoms with Gasteiger partial charge in [0.05, 0.1) is 12.7 Å². The van der Waals surface area contributed by atoms with Crippen LogP contribution in [-0.4, -0.2) is 29.8 Å². The van der Waals surface area contributed by atoms with E-state index in [0.717, 1.165) is 0 Å². The van der Waals surface area contributed by atoms with Crippen LogP contribution in [0.3, 0.4) is 0 Å². The van der Waals surface area contributed by atoms with Crippen LogP contribution in [0, 0.1) is 0 Å². The van der Waals surface area contributed by atoms with E-state index in [-0.39, 0.29) is 11.5 Å². The average Bonchev–Trinajstić information content (AvgIpc) is 2.71. The molecule has 0 atom stereocenters. The van der Waals surface area contributed by atoms with Crippen molar-refractivity contribution in [2.75, 3.05) is 18.6 Å². The Bertz CT molecular complexity index is 460. The predicted octanol–water partition coefficient (Wildman–Crippen LogP) is 1.76. The minimum Gasteiger partial charge on any atom is -0.497 e. The Morgan fingerprint density at radius 3 is 2.41 bits per heavy atom. The predicted molar refractivity (Wildman–Crippen MR) is 62.2 cm³/mol. The molecule has 1 aromatic rings. The van der Waals surface area contributed by atoms with Crippen LogP contribution in [0.5, 0.6) is 5.75 Å². The van der Waals surface area contributed by atoms with E-state index < -0.39 is 5.95 Å². The summed E-state index contributed by atoms with van der Waals surface area (Å²) in [7, 11) is 1.57. The van der Waals surface area contributed by atoms with Crippen molar-refractivity contribution in [1.82, 2.24) is 0 Å². The van der Waals surface area contributed by atoms with Gasteiger partial charge in [-0.3, -0.25) is 4.79 Å². The minimum absolute atomic E-state index is 0.0563. The maximum Gasteiger partial charge on any atom is 0.283 e. The SMILES string of the molecule is COc1ccc(N2CCC(=C(O)O)C2=O)cc1. The molecule has 17 heavy (non-hydrogen) atoms. The molecule has 1 aliphatic heterocycles. The molecule has 1 aromatic carbocycles. The number of hydrogen-bond donors (Lipinski definition) is 2. The third-order valence-corrected chi connectivity index (χ3v) is 2.74. The summed E-state index contributed by atoms with van der Waals surface area (Å²) in [6, 6.07) is 7.02. The highest BCUT2D eigenvalue weighted by molar-refractivity contribution is 6.08. The zero-order valence-corrected chi connectivity index (χ0v) is 9.38. The van der Waals surface area contributed by atoms with Crippen LogP contribution in [0.15, 0.2) is 35.8 Å². The Morgan fingerprint density at radius 1 is 1.29 bits per heavy atom. The van der Waals surface area contributed by atoms with Gasteiger partial charge in [0.25, 0.3) is 11.9 Å². The molecule has 1 amide bonds. The van der Waals surface area contributed by atoms with Gasteiger partial charge in [-0.05, 0) is 24.3 Å². The highest BCUT2D eigenvalue weighted by atomic mass is 16.5. The van der Waals surface area contributed by atoms with Crippen molar-refractivity contribution in [2.24, 2.45) is 0 Å². The molecule has 0 unspecified atom stereocenters. The quantitative estimate of drug-likeness (QED) is 0.605. The van der Waals surface area contributed by atoms with Crippen molar-refractivity contribution in [1.29, 1.82) is 0 Å². The zero-order valence-electron chi connectivity index (χ0n) is 9.38. The largest absolute Gasteiger partial charge is 0.497 e. The number of aliphatic hydroxyl groups excluding tert-OH is 1. The second-order valence-electron chi connectivity index (χ2n) is 3.71. The molecule has 0 saturated carbocycles. The van der Waals surface area contributed by atoms with Gasteiger partial charge < -0.3 is 19.8 Å². The monoisotopic (exact) mass is 235 g/mol. The average molecular weight is 235 g/mol. The number of benzene rings is 1. The van der Waals surface area contributed by atoms with Gasteiger partial charge in [-0.25, -0.2) is 0 Å². The fraction of sp³-hybridized carbons (Fsp3) is 0.250. The summed E-state index contributed by atoms with van der Waals surface area (Å²) in [5.41, 5.74) is 0.771. The normalized spacial score (nSPS) is 15.2. The van der Waals surface area contributed by atoms with Gasteiger partial charge in [-0.2, -0.15) is 0 Å². The number of nitrogens with zero attached hydrogens (tertiary/aromatic N) is 1. The molecule has 2 rings (SSSR count). The van der Waals surface area contributed by atoms with E-state index in [1.165, 1.54) is 4.90 Å². The summed E-state index contributed by atoms with van der Waals surface area (Å²) >= 11 is 0. The fourth-order valence-corrected chi connectivity index (χ4v) is 1.81. The lowest BCUT2D eigenvalue weighted by molar-refractivity contribution is -0.114. The third-order valence-electron chi connectivity index (χ3n) is 2.74. The topological polar surface area (TPSA) is 70.0 Å². The van der Waals surface area contributed by atoms with Gasteiger partial charge in [0.15, 0.2) is 0 Å². The summed E-state index contributed by atoms with van der Waals surface area (Å²) in [5.74, 6) is -0.539. The molecular formula is C12H13NO4. The van der Waals surface area contributed by atoms with Crippen molar-refractivity contribution in [3.8, 4) is 5.75 Å². The van der Waals surface area contributed by atoms with E-state index in [1.807, 2.05) is 0 Å². The summed E-state index contributed by atoms with van der Waals surface area (Å²) in [6.45, 7) is 0.450. The number of ether oxygens (including phenoxy) is 1. The molecule has 0 aromatic heterocycles. The van der Waals surface area contributed by atoms with Crippen molar-refractivity contribution in [3.63, 3.8) is 0 Å². The molecule has 1 saturated heterocycles. The van der Waals surface area contributed by atoms with Crippen LogP contribution in [0.25, 0.3) is 0 Å². The molecule has 5 nitrogen and oxygen atoms in total. The molecule has 1 aliphatic rings. The second-order valence-corrected chi connectivity index (χ2v) is 3.71. The Kier molecular flexibility index (Phi) is 2.91. The lowest BCUT2D eigenvalue weighted by atomic mass is 10.2. The van der Waals surface area contributed by atoms with Crippen molar-refractivity contribution in [2.45, 2.75) is 6.42 Å². The second kappa shape index (κ2) is 4.37. The number of carbonyl (C=O) groups is 1. The molecule has 2 N–H and O–H groups in total. The van der Waals surface area contributed by atoms with Gasteiger partial charge in [0.2, 0.25) is 0 Å². The summed E-state index contributed by atoms with van der Waals surface area (Å²) in [4.78, 5) is 13.3.